The van der Waals surface area contributed by atoms with Gasteiger partial charge in [-0.1, -0.05) is 26.7 Å². The fraction of sp³-hybridized carbons (Fsp3) is 1.00. The van der Waals surface area contributed by atoms with Gasteiger partial charge in [-0.3, -0.25) is 4.90 Å². The summed E-state index contributed by atoms with van der Waals surface area (Å²) < 4.78 is 0. The lowest BCUT2D eigenvalue weighted by atomic mass is 9.84. The fourth-order valence-corrected chi connectivity index (χ4v) is 4.09. The van der Waals surface area contributed by atoms with Crippen LogP contribution in [0.5, 0.6) is 0 Å². The Balaban J connectivity index is 2.04. The summed E-state index contributed by atoms with van der Waals surface area (Å²) >= 11 is 0. The van der Waals surface area contributed by atoms with Crippen LogP contribution in [0.15, 0.2) is 0 Å². The summed E-state index contributed by atoms with van der Waals surface area (Å²) in [7, 11) is 0. The smallest absolute Gasteiger partial charge is 0.0200 e. The quantitative estimate of drug-likeness (QED) is 0.792. The minimum Gasteiger partial charge on any atom is -0.316 e. The third kappa shape index (κ3) is 2.39. The Morgan fingerprint density at radius 2 is 2.06 bits per heavy atom. The number of rotatable bonds is 5. The van der Waals surface area contributed by atoms with Crippen molar-refractivity contribution in [3.63, 3.8) is 0 Å². The fourth-order valence-electron chi connectivity index (χ4n) is 4.09. The van der Waals surface area contributed by atoms with E-state index in [1.807, 2.05) is 0 Å². The summed E-state index contributed by atoms with van der Waals surface area (Å²) in [6.45, 7) is 13.4. The van der Waals surface area contributed by atoms with Crippen LogP contribution in [-0.2, 0) is 0 Å². The van der Waals surface area contributed by atoms with Gasteiger partial charge >= 0.3 is 0 Å². The molecule has 100 valence electrons. The van der Waals surface area contributed by atoms with Gasteiger partial charge < -0.3 is 5.32 Å². The first-order valence-electron chi connectivity index (χ1n) is 7.58. The second kappa shape index (κ2) is 5.27. The Morgan fingerprint density at radius 1 is 1.29 bits per heavy atom. The normalized spacial score (nSPS) is 33.9. The van der Waals surface area contributed by atoms with E-state index in [-0.39, 0.29) is 0 Å². The molecule has 2 aliphatic rings. The summed E-state index contributed by atoms with van der Waals surface area (Å²) in [5, 5.41) is 3.57. The van der Waals surface area contributed by atoms with Crippen molar-refractivity contribution in [3.05, 3.63) is 0 Å². The largest absolute Gasteiger partial charge is 0.316 e. The Labute approximate surface area is 107 Å². The minimum absolute atomic E-state index is 0.405. The van der Waals surface area contributed by atoms with Gasteiger partial charge in [-0.05, 0) is 45.1 Å². The molecule has 2 nitrogen and oxygen atoms in total. The standard InChI is InChI=1S/C15H30N2/c1-5-7-8-13(6-2)17-11-12-9-16-10-14(12)15(17,3)4/h12-14,16H,5-11H2,1-4H3. The molecule has 2 rings (SSSR count). The maximum Gasteiger partial charge on any atom is 0.0200 e. The SMILES string of the molecule is CCCCC(CC)N1CC2CNCC2C1(C)C. The molecule has 2 fully saturated rings. The lowest BCUT2D eigenvalue weighted by molar-refractivity contribution is 0.0802. The van der Waals surface area contributed by atoms with Crippen LogP contribution in [-0.4, -0.2) is 36.1 Å². The molecule has 2 saturated heterocycles. The van der Waals surface area contributed by atoms with Crippen LogP contribution in [0.25, 0.3) is 0 Å². The highest BCUT2D eigenvalue weighted by Crippen LogP contribution is 2.42. The van der Waals surface area contributed by atoms with Crippen molar-refractivity contribution in [2.24, 2.45) is 11.8 Å². The van der Waals surface area contributed by atoms with E-state index in [1.54, 1.807) is 0 Å². The summed E-state index contributed by atoms with van der Waals surface area (Å²) in [6, 6.07) is 0.815. The van der Waals surface area contributed by atoms with E-state index in [0.717, 1.165) is 17.9 Å². The van der Waals surface area contributed by atoms with Crippen LogP contribution in [0.1, 0.15) is 53.4 Å². The molecule has 17 heavy (non-hydrogen) atoms. The van der Waals surface area contributed by atoms with E-state index in [9.17, 15) is 0 Å². The first-order valence-corrected chi connectivity index (χ1v) is 7.58. The zero-order valence-electron chi connectivity index (χ0n) is 12.1. The van der Waals surface area contributed by atoms with Crippen molar-refractivity contribution in [2.45, 2.75) is 65.0 Å². The molecular weight excluding hydrogens is 208 g/mol. The lowest BCUT2D eigenvalue weighted by Gasteiger charge is -2.41. The predicted molar refractivity (Wildman–Crippen MR) is 74.2 cm³/mol. The highest BCUT2D eigenvalue weighted by Gasteiger charge is 2.50. The molecule has 2 aliphatic heterocycles. The molecule has 0 spiro atoms. The van der Waals surface area contributed by atoms with Gasteiger partial charge in [-0.25, -0.2) is 0 Å². The zero-order chi connectivity index (χ0) is 12.5. The molecule has 3 atom stereocenters. The molecule has 1 N–H and O–H groups in total. The highest BCUT2D eigenvalue weighted by molar-refractivity contribution is 5.06. The molecule has 0 aromatic heterocycles. The summed E-state index contributed by atoms with van der Waals surface area (Å²) in [5.74, 6) is 1.78. The summed E-state index contributed by atoms with van der Waals surface area (Å²) in [5.41, 5.74) is 0.405. The molecular formula is C15H30N2. The van der Waals surface area contributed by atoms with E-state index < -0.39 is 0 Å². The lowest BCUT2D eigenvalue weighted by Crippen LogP contribution is -2.49. The molecule has 2 heteroatoms. The molecule has 0 aromatic carbocycles. The van der Waals surface area contributed by atoms with Crippen LogP contribution in [0.3, 0.4) is 0 Å². The van der Waals surface area contributed by atoms with Crippen LogP contribution >= 0.6 is 0 Å². The Bertz CT molecular complexity index is 249. The van der Waals surface area contributed by atoms with Crippen LogP contribution in [0.2, 0.25) is 0 Å². The minimum atomic E-state index is 0.405. The second-order valence-corrected chi connectivity index (χ2v) is 6.54. The molecule has 3 unspecified atom stereocenters. The van der Waals surface area contributed by atoms with E-state index in [1.165, 1.54) is 45.3 Å². The highest BCUT2D eigenvalue weighted by atomic mass is 15.3. The summed E-state index contributed by atoms with van der Waals surface area (Å²) in [6.07, 6.45) is 5.43. The van der Waals surface area contributed by atoms with Gasteiger partial charge in [0.25, 0.3) is 0 Å². The number of likely N-dealkylation sites (tertiary alicyclic amines) is 1. The predicted octanol–water partition coefficient (Wildman–Crippen LogP) is 2.89. The van der Waals surface area contributed by atoms with Crippen LogP contribution in [0, 0.1) is 11.8 Å². The summed E-state index contributed by atoms with van der Waals surface area (Å²) in [4.78, 5) is 2.83. The van der Waals surface area contributed by atoms with Crippen molar-refractivity contribution < 1.29 is 0 Å². The number of fused-ring (bicyclic) bond motifs is 1. The Hall–Kier alpha value is -0.0800. The van der Waals surface area contributed by atoms with Gasteiger partial charge in [0.1, 0.15) is 0 Å². The molecule has 0 radical (unpaired) electrons. The Morgan fingerprint density at radius 3 is 2.65 bits per heavy atom. The molecule has 0 aliphatic carbocycles. The number of nitrogens with zero attached hydrogens (tertiary/aromatic N) is 1. The maximum absolute atomic E-state index is 3.57. The van der Waals surface area contributed by atoms with Crippen molar-refractivity contribution in [1.29, 1.82) is 0 Å². The first kappa shape index (κ1) is 13.4. The zero-order valence-corrected chi connectivity index (χ0v) is 12.1. The average Bonchev–Trinajstić information content (AvgIpc) is 2.84. The maximum atomic E-state index is 3.57. The van der Waals surface area contributed by atoms with E-state index in [0.29, 0.717) is 5.54 Å². The third-order valence-corrected chi connectivity index (χ3v) is 5.22. The van der Waals surface area contributed by atoms with Crippen molar-refractivity contribution >= 4 is 0 Å². The van der Waals surface area contributed by atoms with Gasteiger partial charge in [0.2, 0.25) is 0 Å². The van der Waals surface area contributed by atoms with Crippen molar-refractivity contribution in [3.8, 4) is 0 Å². The van der Waals surface area contributed by atoms with Crippen LogP contribution in [0.4, 0.5) is 0 Å². The van der Waals surface area contributed by atoms with Crippen LogP contribution < -0.4 is 5.32 Å². The Kier molecular flexibility index (Phi) is 4.14. The second-order valence-electron chi connectivity index (χ2n) is 6.54. The van der Waals surface area contributed by atoms with E-state index >= 15 is 0 Å². The third-order valence-electron chi connectivity index (χ3n) is 5.22. The number of hydrogen-bond acceptors (Lipinski definition) is 2. The van der Waals surface area contributed by atoms with E-state index in [4.69, 9.17) is 0 Å². The molecule has 0 aromatic rings. The monoisotopic (exact) mass is 238 g/mol. The molecule has 0 bridgehead atoms. The number of unbranched alkanes of at least 4 members (excludes halogenated alkanes) is 1. The van der Waals surface area contributed by atoms with Gasteiger partial charge in [0.15, 0.2) is 0 Å². The van der Waals surface area contributed by atoms with Gasteiger partial charge in [0.05, 0.1) is 0 Å². The van der Waals surface area contributed by atoms with Gasteiger partial charge in [-0.2, -0.15) is 0 Å². The van der Waals surface area contributed by atoms with Crippen molar-refractivity contribution in [2.75, 3.05) is 19.6 Å². The van der Waals surface area contributed by atoms with Crippen molar-refractivity contribution in [1.82, 2.24) is 10.2 Å². The topological polar surface area (TPSA) is 15.3 Å². The molecule has 0 amide bonds. The van der Waals surface area contributed by atoms with E-state index in [2.05, 4.69) is 37.9 Å². The van der Waals surface area contributed by atoms with Gasteiger partial charge in [-0.15, -0.1) is 0 Å². The molecule has 0 saturated carbocycles. The average molecular weight is 238 g/mol. The molecule has 2 heterocycles. The first-order chi connectivity index (χ1) is 8.11. The number of nitrogens with one attached hydrogen (secondary N) is 1. The van der Waals surface area contributed by atoms with Gasteiger partial charge in [0, 0.05) is 24.7 Å². The number of hydrogen-bond donors (Lipinski definition) is 1.